The van der Waals surface area contributed by atoms with E-state index in [-0.39, 0.29) is 6.10 Å². The van der Waals surface area contributed by atoms with E-state index in [4.69, 9.17) is 19.2 Å². The molecule has 3 aromatic rings. The van der Waals surface area contributed by atoms with Gasteiger partial charge < -0.3 is 19.1 Å². The molecule has 198 valence electrons. The van der Waals surface area contributed by atoms with Gasteiger partial charge in [-0.2, -0.15) is 5.26 Å². The fourth-order valence-corrected chi connectivity index (χ4v) is 4.96. The molecule has 3 heterocycles. The number of rotatable bonds is 8. The van der Waals surface area contributed by atoms with Crippen LogP contribution in [0, 0.1) is 11.3 Å². The summed E-state index contributed by atoms with van der Waals surface area (Å²) < 4.78 is 17.3. The maximum absolute atomic E-state index is 9.75. The smallest absolute Gasteiger partial charge is 0.137 e. The van der Waals surface area contributed by atoms with Crippen LogP contribution in [0.2, 0.25) is 0 Å². The minimum atomic E-state index is 0.0808. The van der Waals surface area contributed by atoms with Gasteiger partial charge in [-0.3, -0.25) is 4.90 Å². The molecule has 5 rings (SSSR count). The molecule has 2 aliphatic heterocycles. The predicted molar refractivity (Wildman–Crippen MR) is 145 cm³/mol. The lowest BCUT2D eigenvalue weighted by Gasteiger charge is -2.32. The van der Waals surface area contributed by atoms with Crippen molar-refractivity contribution in [1.82, 2.24) is 19.8 Å². The number of nitriles is 1. The normalized spacial score (nSPS) is 17.2. The molecule has 0 atom stereocenters. The molecule has 0 N–H and O–H groups in total. The topological polar surface area (TPSA) is 83.7 Å². The number of benzene rings is 2. The summed E-state index contributed by atoms with van der Waals surface area (Å²) in [5.74, 6) is 2.23. The first-order valence-corrected chi connectivity index (χ1v) is 13.3. The Bertz CT molecular complexity index is 1280. The maximum Gasteiger partial charge on any atom is 0.137 e. The predicted octanol–water partition coefficient (Wildman–Crippen LogP) is 3.92. The van der Waals surface area contributed by atoms with Crippen LogP contribution >= 0.6 is 0 Å². The zero-order chi connectivity index (χ0) is 26.3. The lowest BCUT2D eigenvalue weighted by molar-refractivity contribution is 0.0254. The van der Waals surface area contributed by atoms with Crippen molar-refractivity contribution < 1.29 is 14.2 Å². The Morgan fingerprint density at radius 2 is 1.84 bits per heavy atom. The third kappa shape index (κ3) is 6.48. The van der Waals surface area contributed by atoms with E-state index < -0.39 is 0 Å². The van der Waals surface area contributed by atoms with Crippen molar-refractivity contribution in [2.45, 2.75) is 31.9 Å². The summed E-state index contributed by atoms with van der Waals surface area (Å²) in [6, 6.07) is 16.2. The van der Waals surface area contributed by atoms with Crippen LogP contribution in [-0.2, 0) is 17.7 Å². The molecule has 0 spiro atoms. The molecular formula is C30H35N5O3. The van der Waals surface area contributed by atoms with Crippen LogP contribution in [0.15, 0.2) is 48.7 Å². The molecule has 1 aromatic heterocycles. The Balaban J connectivity index is 1.29. The van der Waals surface area contributed by atoms with Gasteiger partial charge in [-0.05, 0) is 42.9 Å². The highest BCUT2D eigenvalue weighted by atomic mass is 16.5. The molecule has 38 heavy (non-hydrogen) atoms. The summed E-state index contributed by atoms with van der Waals surface area (Å²) in [6.45, 7) is 6.60. The molecule has 0 aliphatic carbocycles. The van der Waals surface area contributed by atoms with E-state index >= 15 is 0 Å². The van der Waals surface area contributed by atoms with Gasteiger partial charge in [-0.25, -0.2) is 9.97 Å². The van der Waals surface area contributed by atoms with E-state index in [0.29, 0.717) is 30.9 Å². The minimum Gasteiger partial charge on any atom is -0.496 e. The zero-order valence-corrected chi connectivity index (χ0v) is 22.2. The zero-order valence-electron chi connectivity index (χ0n) is 22.2. The van der Waals surface area contributed by atoms with Crippen molar-refractivity contribution in [3.8, 4) is 28.8 Å². The fraction of sp³-hybridized carbons (Fsp3) is 0.433. The number of piperazine rings is 1. The average Bonchev–Trinajstić information content (AvgIpc) is 2.96. The van der Waals surface area contributed by atoms with E-state index in [1.807, 2.05) is 24.3 Å². The van der Waals surface area contributed by atoms with Gasteiger partial charge in [0, 0.05) is 69.3 Å². The van der Waals surface area contributed by atoms with Crippen LogP contribution < -0.4 is 9.47 Å². The molecule has 2 fully saturated rings. The number of likely N-dealkylation sites (N-methyl/N-ethyl adjacent to an activating group) is 1. The van der Waals surface area contributed by atoms with Crippen LogP contribution in [0.4, 0.5) is 0 Å². The van der Waals surface area contributed by atoms with Crippen molar-refractivity contribution >= 4 is 0 Å². The molecule has 0 saturated carbocycles. The number of ether oxygens (including phenoxy) is 3. The van der Waals surface area contributed by atoms with Gasteiger partial charge in [0.1, 0.15) is 29.5 Å². The highest BCUT2D eigenvalue weighted by Crippen LogP contribution is 2.28. The first kappa shape index (κ1) is 26.1. The second-order valence-corrected chi connectivity index (χ2v) is 10.0. The van der Waals surface area contributed by atoms with Crippen molar-refractivity contribution in [2.75, 3.05) is 53.6 Å². The van der Waals surface area contributed by atoms with Crippen LogP contribution in [0.25, 0.3) is 11.3 Å². The molecule has 2 aromatic carbocycles. The summed E-state index contributed by atoms with van der Waals surface area (Å²) in [6.07, 6.45) is 4.12. The molecule has 2 saturated heterocycles. The van der Waals surface area contributed by atoms with Crippen molar-refractivity contribution in [3.63, 3.8) is 0 Å². The number of hydrogen-bond acceptors (Lipinski definition) is 8. The second kappa shape index (κ2) is 12.4. The van der Waals surface area contributed by atoms with Gasteiger partial charge in [0.05, 0.1) is 31.6 Å². The lowest BCUT2D eigenvalue weighted by Crippen LogP contribution is -2.43. The quantitative estimate of drug-likeness (QED) is 0.448. The van der Waals surface area contributed by atoms with E-state index in [2.05, 4.69) is 46.1 Å². The number of hydrogen-bond donors (Lipinski definition) is 0. The Hall–Kier alpha value is -3.51. The largest absolute Gasteiger partial charge is 0.496 e. The summed E-state index contributed by atoms with van der Waals surface area (Å²) in [5.41, 5.74) is 4.45. The number of nitrogens with zero attached hydrogens (tertiary/aromatic N) is 5. The SMILES string of the molecule is COc1cc(Cc2nccc(-c3ccc(OC4CCOCC4)c(C#N)c3)n2)ccc1CN1CCN(C)CC1. The third-order valence-corrected chi connectivity index (χ3v) is 7.27. The van der Waals surface area contributed by atoms with Gasteiger partial charge >= 0.3 is 0 Å². The molecule has 8 nitrogen and oxygen atoms in total. The van der Waals surface area contributed by atoms with E-state index in [1.165, 1.54) is 5.56 Å². The highest BCUT2D eigenvalue weighted by Gasteiger charge is 2.18. The molecular weight excluding hydrogens is 478 g/mol. The van der Waals surface area contributed by atoms with Gasteiger partial charge in [0.25, 0.3) is 0 Å². The number of aromatic nitrogens is 2. The molecule has 0 bridgehead atoms. The molecule has 2 aliphatic rings. The lowest BCUT2D eigenvalue weighted by atomic mass is 10.1. The monoisotopic (exact) mass is 513 g/mol. The summed E-state index contributed by atoms with van der Waals surface area (Å²) in [4.78, 5) is 14.2. The molecule has 0 amide bonds. The molecule has 0 radical (unpaired) electrons. The van der Waals surface area contributed by atoms with Crippen molar-refractivity contribution in [2.24, 2.45) is 0 Å². The van der Waals surface area contributed by atoms with Crippen LogP contribution in [0.1, 0.15) is 35.4 Å². The van der Waals surface area contributed by atoms with Crippen molar-refractivity contribution in [1.29, 1.82) is 5.26 Å². The van der Waals surface area contributed by atoms with E-state index in [1.54, 1.807) is 13.3 Å². The maximum atomic E-state index is 9.75. The van der Waals surface area contributed by atoms with Gasteiger partial charge in [0.15, 0.2) is 0 Å². The average molecular weight is 514 g/mol. The summed E-state index contributed by atoms with van der Waals surface area (Å²) in [7, 11) is 3.90. The Labute approximate surface area is 224 Å². The molecule has 0 unspecified atom stereocenters. The third-order valence-electron chi connectivity index (χ3n) is 7.27. The fourth-order valence-electron chi connectivity index (χ4n) is 4.96. The van der Waals surface area contributed by atoms with Crippen LogP contribution in [-0.4, -0.2) is 79.4 Å². The van der Waals surface area contributed by atoms with Gasteiger partial charge in [-0.1, -0.05) is 12.1 Å². The first-order chi connectivity index (χ1) is 18.6. The van der Waals surface area contributed by atoms with Gasteiger partial charge in [-0.15, -0.1) is 0 Å². The van der Waals surface area contributed by atoms with Crippen LogP contribution in [0.3, 0.4) is 0 Å². The van der Waals surface area contributed by atoms with Crippen molar-refractivity contribution in [3.05, 3.63) is 71.2 Å². The number of methoxy groups -OCH3 is 1. The summed E-state index contributed by atoms with van der Waals surface area (Å²) >= 11 is 0. The Morgan fingerprint density at radius 1 is 1.03 bits per heavy atom. The Kier molecular flexibility index (Phi) is 8.49. The highest BCUT2D eigenvalue weighted by molar-refractivity contribution is 5.64. The standard InChI is InChI=1S/C30H35N5O3/c1-34-11-13-35(14-12-34)21-24-4-3-22(17-29(24)36-2)18-30-32-10-7-27(33-30)23-5-6-28(25(19-23)20-31)38-26-8-15-37-16-9-26/h3-7,10,17,19,26H,8-9,11-16,18,21H2,1-2H3. The second-order valence-electron chi connectivity index (χ2n) is 10.0. The molecule has 8 heteroatoms. The first-order valence-electron chi connectivity index (χ1n) is 13.3. The minimum absolute atomic E-state index is 0.0808. The Morgan fingerprint density at radius 3 is 2.61 bits per heavy atom. The summed E-state index contributed by atoms with van der Waals surface area (Å²) in [5, 5.41) is 9.75. The van der Waals surface area contributed by atoms with Crippen LogP contribution in [0.5, 0.6) is 11.5 Å². The van der Waals surface area contributed by atoms with Gasteiger partial charge in [0.2, 0.25) is 0 Å². The van der Waals surface area contributed by atoms with E-state index in [9.17, 15) is 5.26 Å². The van der Waals surface area contributed by atoms with E-state index in [0.717, 1.165) is 74.0 Å².